The summed E-state index contributed by atoms with van der Waals surface area (Å²) >= 11 is 0. The van der Waals surface area contributed by atoms with E-state index in [-0.39, 0.29) is 72.9 Å². The van der Waals surface area contributed by atoms with Crippen molar-refractivity contribution in [1.82, 2.24) is 14.7 Å². The van der Waals surface area contributed by atoms with Crippen molar-refractivity contribution in [2.24, 2.45) is 66.5 Å². The zero-order valence-corrected chi connectivity index (χ0v) is 73.8. The van der Waals surface area contributed by atoms with Gasteiger partial charge in [0, 0.05) is 78.3 Å². The summed E-state index contributed by atoms with van der Waals surface area (Å²) in [5.74, 6) is 2.91. The molecule has 1 amide bonds. The minimum Gasteiger partial charge on any atom is -0.460 e. The van der Waals surface area contributed by atoms with Crippen molar-refractivity contribution in [2.75, 3.05) is 99.7 Å². The van der Waals surface area contributed by atoms with Crippen molar-refractivity contribution in [3.05, 3.63) is 95.7 Å². The number of hydrogen-bond acceptors (Lipinski definition) is 9. The Morgan fingerprint density at radius 3 is 1.15 bits per heavy atom. The molecule has 1 aliphatic carbocycles. The standard InChI is InChI=1S/C12H23N.2C11H16.C10H19NO2.C10H19N.C10H20O2.C10H20.C9H20O2.C9H18O.6CH4/c1-10(2)13-8-6-11(7-9-13)12(3,4)5;2*1-11(2,3)9-10-7-5-4-6-8-10;1-10(2,3)8-9(12)11-4-6-13-7-5-11;1-10(2,3)9-5-7-11(4)8-6-9;1-9(2,3)7-8(11)12-10(4,5)6;1-10(2,3)9-7-5-4-6-8-9;1-9(2,3)5-6-11-8-7-10-4;1-9(2,3)8-4-6-10-7-5-8;;;;;;/h11H,1,6-9H2,2-5H3;2*4-8H,9H2,1-3H3;4-8H2,1-3H3;5H,6-8H2,1-4H3;7H2,1-6H3;9H,4-8H2,1-3H3;5-8H2,1-4H3;8H,4-7H2,1-3H3;6*1H4. The summed E-state index contributed by atoms with van der Waals surface area (Å²) in [5.41, 5.74) is 8.59. The van der Waals surface area contributed by atoms with E-state index < -0.39 is 0 Å². The molecule has 4 fully saturated rings. The molecule has 0 N–H and O–H groups in total. The van der Waals surface area contributed by atoms with Crippen LogP contribution >= 0.6 is 0 Å². The van der Waals surface area contributed by atoms with Gasteiger partial charge in [0.05, 0.1) is 32.8 Å². The number of rotatable bonds is 10. The van der Waals surface area contributed by atoms with Gasteiger partial charge in [-0.1, -0.05) is 330 Å². The van der Waals surface area contributed by atoms with Gasteiger partial charge in [0.15, 0.2) is 0 Å². The Labute approximate surface area is 679 Å². The summed E-state index contributed by atoms with van der Waals surface area (Å²) in [6, 6.07) is 21.3. The molecule has 0 spiro atoms. The number of esters is 1. The normalized spacial score (nSPS) is 16.2. The van der Waals surface area contributed by atoms with Gasteiger partial charge in [-0.05, 0) is 177 Å². The van der Waals surface area contributed by atoms with Crippen LogP contribution in [0.3, 0.4) is 0 Å². The summed E-state index contributed by atoms with van der Waals surface area (Å²) in [6.07, 6.45) is 20.7. The number of piperidine rings is 1. The number of allylic oxidation sites excluding steroid dienone is 1. The lowest BCUT2D eigenvalue weighted by atomic mass is 9.72. The van der Waals surface area contributed by atoms with Crippen molar-refractivity contribution in [3.8, 4) is 0 Å². The van der Waals surface area contributed by atoms with Gasteiger partial charge in [0.2, 0.25) is 5.91 Å². The predicted octanol–water partition coefficient (Wildman–Crippen LogP) is 28.1. The van der Waals surface area contributed by atoms with Crippen LogP contribution in [-0.2, 0) is 46.1 Å². The average Bonchev–Trinajstić information content (AvgIpc) is 0.865. The second-order valence-corrected chi connectivity index (χ2v) is 41.2. The van der Waals surface area contributed by atoms with E-state index in [9.17, 15) is 9.59 Å². The average molecular weight is 1530 g/mol. The van der Waals surface area contributed by atoms with Gasteiger partial charge in [-0.25, -0.2) is 0 Å². The van der Waals surface area contributed by atoms with Crippen LogP contribution in [0.1, 0.15) is 354 Å². The molecule has 0 unspecified atom stereocenters. The van der Waals surface area contributed by atoms with Crippen LogP contribution in [0.5, 0.6) is 0 Å². The highest BCUT2D eigenvalue weighted by atomic mass is 16.6. The highest BCUT2D eigenvalue weighted by Crippen LogP contribution is 2.38. The quantitative estimate of drug-likeness (QED) is 0.131. The molecule has 2 aromatic carbocycles. The highest BCUT2D eigenvalue weighted by Gasteiger charge is 2.30. The second-order valence-electron chi connectivity index (χ2n) is 41.2. The molecular weight excluding hydrogens is 1330 g/mol. The molecule has 0 bridgehead atoms. The largest absolute Gasteiger partial charge is 0.460 e. The number of benzene rings is 2. The lowest BCUT2D eigenvalue weighted by Crippen LogP contribution is -2.41. The summed E-state index contributed by atoms with van der Waals surface area (Å²) in [7, 11) is 3.86. The number of carbonyl (C=O) groups is 2. The van der Waals surface area contributed by atoms with Gasteiger partial charge in [0.25, 0.3) is 0 Å². The van der Waals surface area contributed by atoms with Crippen molar-refractivity contribution in [3.63, 3.8) is 0 Å². The third-order valence-electron chi connectivity index (χ3n) is 18.6. The van der Waals surface area contributed by atoms with E-state index in [2.05, 4.69) is 263 Å². The van der Waals surface area contributed by atoms with E-state index in [1.54, 1.807) is 12.7 Å². The number of amides is 1. The Kier molecular flexibility index (Phi) is 64.9. The first kappa shape index (κ1) is 120. The fourth-order valence-electron chi connectivity index (χ4n) is 12.3. The molecule has 2 aromatic rings. The van der Waals surface area contributed by atoms with Crippen molar-refractivity contribution in [1.29, 1.82) is 0 Å². The Balaban J connectivity index is -0.000000173. The van der Waals surface area contributed by atoms with Gasteiger partial charge < -0.3 is 38.4 Å². The third kappa shape index (κ3) is 71.5. The molecule has 7 rings (SSSR count). The minimum atomic E-state index is -0.359. The number of likely N-dealkylation sites (tertiary alicyclic amines) is 1. The number of hydrogen-bond donors (Lipinski definition) is 0. The van der Waals surface area contributed by atoms with E-state index >= 15 is 0 Å². The fraction of sp³-hybridized carbons (Fsp3) is 0.816. The first-order chi connectivity index (χ1) is 46.4. The Morgan fingerprint density at radius 1 is 0.454 bits per heavy atom. The molecule has 108 heavy (non-hydrogen) atoms. The molecule has 3 saturated heterocycles. The third-order valence-corrected chi connectivity index (χ3v) is 18.6. The van der Waals surface area contributed by atoms with Gasteiger partial charge in [-0.2, -0.15) is 0 Å². The van der Waals surface area contributed by atoms with Crippen LogP contribution in [-0.4, -0.2) is 132 Å². The van der Waals surface area contributed by atoms with E-state index in [0.717, 1.165) is 76.5 Å². The van der Waals surface area contributed by atoms with E-state index in [4.69, 9.17) is 23.7 Å². The zero-order valence-electron chi connectivity index (χ0n) is 73.8. The molecule has 0 aromatic heterocycles. The lowest BCUT2D eigenvalue weighted by Gasteiger charge is -2.39. The molecule has 5 aliphatic rings. The smallest absolute Gasteiger partial charge is 0.306 e. The van der Waals surface area contributed by atoms with Crippen molar-refractivity contribution >= 4 is 11.9 Å². The summed E-state index contributed by atoms with van der Waals surface area (Å²) in [4.78, 5) is 29.6. The van der Waals surface area contributed by atoms with Gasteiger partial charge in [-0.3, -0.25) is 9.59 Å². The van der Waals surface area contributed by atoms with Gasteiger partial charge >= 0.3 is 5.97 Å². The Hall–Kier alpha value is -3.54. The van der Waals surface area contributed by atoms with Crippen molar-refractivity contribution < 1.29 is 33.3 Å². The van der Waals surface area contributed by atoms with Crippen LogP contribution in [0.2, 0.25) is 0 Å². The first-order valence-electron chi connectivity index (χ1n) is 40.0. The highest BCUT2D eigenvalue weighted by molar-refractivity contribution is 5.76. The maximum absolute atomic E-state index is 11.7. The van der Waals surface area contributed by atoms with Gasteiger partial charge in [-0.15, -0.1) is 0 Å². The topological polar surface area (TPSA) is 90.0 Å². The SMILES string of the molecule is C.C.C.C.C.C.C=C(C)N1CCC(C(C)(C)C)CC1.CC(C)(C)C1CCCCC1.CC(C)(C)C1CCOCC1.CC(C)(C)CC(=O)N1CCOCC1.CC(C)(C)CC(=O)OC(C)(C)C.CC(C)(C)Cc1ccccc1.CC(C)(C)Cc1ccccc1.CN1CC=C(C(C)(C)C)CC1.COCCOCCC(C)(C)C. The number of ether oxygens (including phenoxy) is 5. The molecule has 644 valence electrons. The monoisotopic (exact) mass is 1530 g/mol. The summed E-state index contributed by atoms with van der Waals surface area (Å²) in [5, 5.41) is 0. The zero-order chi connectivity index (χ0) is 79.0. The van der Waals surface area contributed by atoms with E-state index in [1.165, 1.54) is 101 Å². The first-order valence-corrected chi connectivity index (χ1v) is 40.0. The summed E-state index contributed by atoms with van der Waals surface area (Å²) < 4.78 is 25.8. The molecule has 10 nitrogen and oxygen atoms in total. The molecule has 0 atom stereocenters. The summed E-state index contributed by atoms with van der Waals surface area (Å²) in [6.45, 7) is 84.2. The number of nitrogens with zero attached hydrogens (tertiary/aromatic N) is 3. The van der Waals surface area contributed by atoms with Crippen LogP contribution < -0.4 is 0 Å². The molecular formula is C98H195N3O7. The van der Waals surface area contributed by atoms with Crippen molar-refractivity contribution in [2.45, 2.75) is 361 Å². The van der Waals surface area contributed by atoms with E-state index in [1.807, 2.05) is 46.4 Å². The number of carbonyl (C=O) groups excluding carboxylic acids is 2. The minimum absolute atomic E-state index is 0. The molecule has 4 aliphatic heterocycles. The Morgan fingerprint density at radius 2 is 0.843 bits per heavy atom. The second kappa shape index (κ2) is 58.3. The van der Waals surface area contributed by atoms with Crippen LogP contribution in [0.25, 0.3) is 0 Å². The predicted molar refractivity (Wildman–Crippen MR) is 485 cm³/mol. The molecule has 10 heteroatoms. The van der Waals surface area contributed by atoms with Crippen LogP contribution in [0, 0.1) is 66.5 Å². The maximum Gasteiger partial charge on any atom is 0.306 e. The molecule has 4 heterocycles. The number of methoxy groups -OCH3 is 1. The maximum atomic E-state index is 11.7. The molecule has 0 radical (unpaired) electrons. The lowest BCUT2D eigenvalue weighted by molar-refractivity contribution is -0.157. The van der Waals surface area contributed by atoms with Crippen LogP contribution in [0.15, 0.2) is 84.6 Å². The van der Waals surface area contributed by atoms with Gasteiger partial charge in [0.1, 0.15) is 5.60 Å². The fourth-order valence-corrected chi connectivity index (χ4v) is 12.3. The van der Waals surface area contributed by atoms with E-state index in [0.29, 0.717) is 77.2 Å². The Bertz CT molecular complexity index is 2360. The number of morpholine rings is 1. The molecule has 1 saturated carbocycles. The number of likely N-dealkylation sites (N-methyl/N-ethyl adjacent to an activating group) is 1. The van der Waals surface area contributed by atoms with Crippen LogP contribution in [0.4, 0.5) is 0 Å².